The van der Waals surface area contributed by atoms with Crippen LogP contribution in [0.3, 0.4) is 0 Å². The summed E-state index contributed by atoms with van der Waals surface area (Å²) < 4.78 is 13.0. The molecule has 1 saturated carbocycles. The zero-order valence-electron chi connectivity index (χ0n) is 12.8. The van der Waals surface area contributed by atoms with E-state index in [1.165, 1.54) is 0 Å². The van der Waals surface area contributed by atoms with Crippen molar-refractivity contribution in [1.82, 2.24) is 9.78 Å². The van der Waals surface area contributed by atoms with Gasteiger partial charge in [0.15, 0.2) is 5.69 Å². The topological polar surface area (TPSA) is 53.4 Å². The molecular formula is C17H18N2O3. The number of aryl methyl sites for hydroxylation is 1. The number of rotatable bonds is 2. The highest BCUT2D eigenvalue weighted by atomic mass is 16.5. The highest BCUT2D eigenvalue weighted by Gasteiger charge is 2.50. The van der Waals surface area contributed by atoms with Crippen molar-refractivity contribution in [2.45, 2.75) is 32.1 Å². The van der Waals surface area contributed by atoms with Crippen LogP contribution in [0, 0.1) is 6.92 Å². The van der Waals surface area contributed by atoms with Crippen LogP contribution in [0.1, 0.15) is 41.5 Å². The van der Waals surface area contributed by atoms with Gasteiger partial charge in [-0.25, -0.2) is 9.48 Å². The number of aromatic nitrogens is 2. The Bertz CT molecular complexity index is 759. The number of carbonyl (C=O) groups excluding carboxylic acids is 1. The van der Waals surface area contributed by atoms with Crippen LogP contribution in [-0.2, 0) is 10.2 Å². The normalized spacial score (nSPS) is 17.2. The molecular weight excluding hydrogens is 280 g/mol. The van der Waals surface area contributed by atoms with Crippen molar-refractivity contribution in [1.29, 1.82) is 0 Å². The molecule has 1 aliphatic heterocycles. The van der Waals surface area contributed by atoms with Gasteiger partial charge in [-0.3, -0.25) is 0 Å². The van der Waals surface area contributed by atoms with E-state index in [0.717, 1.165) is 35.5 Å². The van der Waals surface area contributed by atoms with E-state index < -0.39 is 0 Å². The Morgan fingerprint density at radius 1 is 1.41 bits per heavy atom. The molecule has 1 aliphatic carbocycles. The Morgan fingerprint density at radius 2 is 2.23 bits per heavy atom. The van der Waals surface area contributed by atoms with Crippen LogP contribution in [0.4, 0.5) is 0 Å². The molecule has 2 aliphatic rings. The van der Waals surface area contributed by atoms with E-state index in [9.17, 15) is 4.79 Å². The summed E-state index contributed by atoms with van der Waals surface area (Å²) in [5, 5.41) is 4.51. The number of carbonyl (C=O) groups is 1. The van der Waals surface area contributed by atoms with Gasteiger partial charge < -0.3 is 9.47 Å². The molecule has 0 radical (unpaired) electrons. The van der Waals surface area contributed by atoms with Crippen LogP contribution in [0.5, 0.6) is 5.75 Å². The summed E-state index contributed by atoms with van der Waals surface area (Å²) in [4.78, 5) is 12.0. The Kier molecular flexibility index (Phi) is 2.79. The zero-order chi connectivity index (χ0) is 15.3. The molecule has 22 heavy (non-hydrogen) atoms. The first-order chi connectivity index (χ1) is 10.6. The lowest BCUT2D eigenvalue weighted by molar-refractivity contribution is 0.0519. The maximum absolute atomic E-state index is 12.0. The predicted octanol–water partition coefficient (Wildman–Crippen LogP) is 2.78. The van der Waals surface area contributed by atoms with Crippen molar-refractivity contribution in [3.8, 4) is 11.4 Å². The SMILES string of the molecule is CCOC(=O)c1cc2n(n1)-c1cc(C)ccc1OCC21CC1. The summed E-state index contributed by atoms with van der Waals surface area (Å²) >= 11 is 0. The Hall–Kier alpha value is -2.30. The number of nitrogens with zero attached hydrogens (tertiary/aromatic N) is 2. The third-order valence-electron chi connectivity index (χ3n) is 4.44. The predicted molar refractivity (Wildman–Crippen MR) is 80.7 cm³/mol. The molecule has 4 rings (SSSR count). The number of esters is 1. The molecule has 5 heteroatoms. The minimum absolute atomic E-state index is 0.00926. The molecule has 0 saturated heterocycles. The van der Waals surface area contributed by atoms with Crippen molar-refractivity contribution < 1.29 is 14.3 Å². The van der Waals surface area contributed by atoms with Crippen LogP contribution < -0.4 is 4.74 Å². The summed E-state index contributed by atoms with van der Waals surface area (Å²) in [6, 6.07) is 7.91. The van der Waals surface area contributed by atoms with Crippen LogP contribution in [0.25, 0.3) is 5.69 Å². The molecule has 0 bridgehead atoms. The number of ether oxygens (including phenoxy) is 2. The quantitative estimate of drug-likeness (QED) is 0.800. The van der Waals surface area contributed by atoms with Crippen molar-refractivity contribution in [3.05, 3.63) is 41.2 Å². The van der Waals surface area contributed by atoms with Gasteiger partial charge in [0, 0.05) is 5.41 Å². The number of fused-ring (bicyclic) bond motifs is 4. The van der Waals surface area contributed by atoms with Gasteiger partial charge >= 0.3 is 5.97 Å². The van der Waals surface area contributed by atoms with Crippen molar-refractivity contribution in [3.63, 3.8) is 0 Å². The Morgan fingerprint density at radius 3 is 2.95 bits per heavy atom. The van der Waals surface area contributed by atoms with Crippen LogP contribution in [0.15, 0.2) is 24.3 Å². The average Bonchev–Trinajstić information content (AvgIpc) is 3.18. The van der Waals surface area contributed by atoms with E-state index in [1.807, 2.05) is 35.9 Å². The molecule has 0 N–H and O–H groups in total. The second kappa shape index (κ2) is 4.60. The van der Waals surface area contributed by atoms with E-state index in [2.05, 4.69) is 5.10 Å². The molecule has 5 nitrogen and oxygen atoms in total. The molecule has 2 aromatic rings. The van der Waals surface area contributed by atoms with E-state index >= 15 is 0 Å². The van der Waals surface area contributed by atoms with Crippen LogP contribution >= 0.6 is 0 Å². The highest BCUT2D eigenvalue weighted by Crippen LogP contribution is 2.51. The first-order valence-corrected chi connectivity index (χ1v) is 7.64. The summed E-state index contributed by atoms with van der Waals surface area (Å²) in [6.07, 6.45) is 2.13. The van der Waals surface area contributed by atoms with E-state index in [-0.39, 0.29) is 11.4 Å². The van der Waals surface area contributed by atoms with Crippen molar-refractivity contribution >= 4 is 5.97 Å². The largest absolute Gasteiger partial charge is 0.490 e. The fourth-order valence-corrected chi connectivity index (χ4v) is 3.00. The summed E-state index contributed by atoms with van der Waals surface area (Å²) in [6.45, 7) is 4.82. The maximum atomic E-state index is 12.0. The van der Waals surface area contributed by atoms with Crippen molar-refractivity contribution in [2.75, 3.05) is 13.2 Å². The lowest BCUT2D eigenvalue weighted by Gasteiger charge is -2.11. The van der Waals surface area contributed by atoms with E-state index in [0.29, 0.717) is 18.9 Å². The molecule has 1 aromatic carbocycles. The average molecular weight is 298 g/mol. The molecule has 0 unspecified atom stereocenters. The van der Waals surface area contributed by atoms with Gasteiger partial charge in [0.05, 0.1) is 18.9 Å². The van der Waals surface area contributed by atoms with E-state index in [4.69, 9.17) is 9.47 Å². The monoisotopic (exact) mass is 298 g/mol. The first kappa shape index (κ1) is 13.4. The van der Waals surface area contributed by atoms with Gasteiger partial charge in [-0.15, -0.1) is 0 Å². The highest BCUT2D eigenvalue weighted by molar-refractivity contribution is 5.87. The van der Waals surface area contributed by atoms with Crippen LogP contribution in [0.2, 0.25) is 0 Å². The summed E-state index contributed by atoms with van der Waals surface area (Å²) in [5.74, 6) is 0.447. The lowest BCUT2D eigenvalue weighted by Crippen LogP contribution is -2.17. The molecule has 1 aromatic heterocycles. The second-order valence-corrected chi connectivity index (χ2v) is 6.09. The summed E-state index contributed by atoms with van der Waals surface area (Å²) in [5.41, 5.74) is 3.45. The smallest absolute Gasteiger partial charge is 0.358 e. The molecule has 1 fully saturated rings. The van der Waals surface area contributed by atoms with Gasteiger partial charge in [0.1, 0.15) is 11.4 Å². The molecule has 114 valence electrons. The standard InChI is InChI=1S/C17H18N2O3/c1-3-21-16(20)12-9-15-17(6-7-17)10-22-14-5-4-11(2)8-13(14)19(15)18-12/h4-5,8-9H,3,6-7,10H2,1-2H3. The molecule has 0 atom stereocenters. The number of hydrogen-bond acceptors (Lipinski definition) is 4. The maximum Gasteiger partial charge on any atom is 0.358 e. The first-order valence-electron chi connectivity index (χ1n) is 7.64. The summed E-state index contributed by atoms with van der Waals surface area (Å²) in [7, 11) is 0. The zero-order valence-corrected chi connectivity index (χ0v) is 12.8. The van der Waals surface area contributed by atoms with Gasteiger partial charge in [-0.2, -0.15) is 5.10 Å². The van der Waals surface area contributed by atoms with Gasteiger partial charge in [-0.05, 0) is 50.5 Å². The minimum Gasteiger partial charge on any atom is -0.490 e. The van der Waals surface area contributed by atoms with Crippen molar-refractivity contribution in [2.24, 2.45) is 0 Å². The second-order valence-electron chi connectivity index (χ2n) is 6.09. The van der Waals surface area contributed by atoms with Crippen LogP contribution in [-0.4, -0.2) is 29.0 Å². The van der Waals surface area contributed by atoms with Gasteiger partial charge in [0.25, 0.3) is 0 Å². The Balaban J connectivity index is 1.89. The Labute approximate surface area is 128 Å². The molecule has 1 spiro atoms. The number of hydrogen-bond donors (Lipinski definition) is 0. The minimum atomic E-state index is -0.367. The molecule has 2 heterocycles. The molecule has 0 amide bonds. The lowest BCUT2D eigenvalue weighted by atomic mass is 10.0. The fraction of sp³-hybridized carbons (Fsp3) is 0.412. The van der Waals surface area contributed by atoms with Gasteiger partial charge in [0.2, 0.25) is 0 Å². The van der Waals surface area contributed by atoms with Gasteiger partial charge in [-0.1, -0.05) is 6.07 Å². The third-order valence-corrected chi connectivity index (χ3v) is 4.44. The number of benzene rings is 1. The fourth-order valence-electron chi connectivity index (χ4n) is 3.00. The third kappa shape index (κ3) is 1.92. The van der Waals surface area contributed by atoms with E-state index in [1.54, 1.807) is 6.92 Å².